The van der Waals surface area contributed by atoms with Crippen LogP contribution in [0.15, 0.2) is 28.8 Å². The number of carbonyl (C=O) groups excluding carboxylic acids is 2. The minimum Gasteiger partial charge on any atom is -0.361 e. The van der Waals surface area contributed by atoms with E-state index >= 15 is 0 Å². The molecule has 1 aromatic carbocycles. The van der Waals surface area contributed by atoms with Gasteiger partial charge in [0.1, 0.15) is 5.76 Å². The highest BCUT2D eigenvalue weighted by Crippen LogP contribution is 2.28. The Balaban J connectivity index is 1.36. The first kappa shape index (κ1) is 20.2. The Labute approximate surface area is 178 Å². The third-order valence-electron chi connectivity index (χ3n) is 4.93. The van der Waals surface area contributed by atoms with Crippen LogP contribution in [0.5, 0.6) is 0 Å². The summed E-state index contributed by atoms with van der Waals surface area (Å²) in [6.45, 7) is 7.40. The van der Waals surface area contributed by atoms with Gasteiger partial charge in [0.25, 0.3) is 5.91 Å². The van der Waals surface area contributed by atoms with Gasteiger partial charge >= 0.3 is 0 Å². The van der Waals surface area contributed by atoms with Crippen LogP contribution in [0, 0.1) is 20.8 Å². The van der Waals surface area contributed by atoms with E-state index in [1.165, 1.54) is 11.3 Å². The second kappa shape index (κ2) is 8.37. The first-order valence-corrected chi connectivity index (χ1v) is 10.5. The van der Waals surface area contributed by atoms with Gasteiger partial charge in [0.15, 0.2) is 10.8 Å². The van der Waals surface area contributed by atoms with Crippen LogP contribution < -0.4 is 10.6 Å². The van der Waals surface area contributed by atoms with Crippen molar-refractivity contribution in [3.8, 4) is 0 Å². The van der Waals surface area contributed by atoms with Crippen LogP contribution in [0.2, 0.25) is 0 Å². The number of fused-ring (bicyclic) bond motifs is 1. The van der Waals surface area contributed by atoms with Crippen molar-refractivity contribution in [3.05, 3.63) is 57.4 Å². The second-order valence-corrected chi connectivity index (χ2v) is 8.58. The van der Waals surface area contributed by atoms with E-state index in [0.717, 1.165) is 40.4 Å². The molecule has 1 aliphatic rings. The average molecular weight is 426 g/mol. The summed E-state index contributed by atoms with van der Waals surface area (Å²) >= 11 is 1.43. The Morgan fingerprint density at radius 2 is 2.03 bits per heavy atom. The molecule has 0 fully saturated rings. The van der Waals surface area contributed by atoms with E-state index in [0.29, 0.717) is 24.0 Å². The van der Waals surface area contributed by atoms with Gasteiger partial charge in [-0.25, -0.2) is 4.98 Å². The third kappa shape index (κ3) is 4.58. The minimum absolute atomic E-state index is 0.0356. The molecule has 0 bridgehead atoms. The smallest absolute Gasteiger partial charge is 0.279 e. The Bertz CT molecular complexity index is 1100. The number of benzene rings is 1. The highest BCUT2D eigenvalue weighted by molar-refractivity contribution is 7.15. The maximum atomic E-state index is 12.5. The topological polar surface area (TPSA) is 100 Å². The van der Waals surface area contributed by atoms with Crippen molar-refractivity contribution in [3.63, 3.8) is 0 Å². The molecule has 0 radical (unpaired) electrons. The summed E-state index contributed by atoms with van der Waals surface area (Å²) in [7, 11) is 0. The summed E-state index contributed by atoms with van der Waals surface area (Å²) in [5, 5.41) is 10.0. The number of carbonyl (C=O) groups is 2. The molecule has 2 N–H and O–H groups in total. The van der Waals surface area contributed by atoms with Crippen molar-refractivity contribution in [1.82, 2.24) is 15.0 Å². The second-order valence-electron chi connectivity index (χ2n) is 7.49. The van der Waals surface area contributed by atoms with Crippen LogP contribution in [-0.2, 0) is 17.8 Å². The fourth-order valence-electron chi connectivity index (χ4n) is 3.33. The zero-order valence-electron chi connectivity index (χ0n) is 17.1. The van der Waals surface area contributed by atoms with Gasteiger partial charge in [-0.15, -0.1) is 11.3 Å². The highest BCUT2D eigenvalue weighted by atomic mass is 32.1. The van der Waals surface area contributed by atoms with Crippen LogP contribution in [0.4, 0.5) is 10.8 Å². The van der Waals surface area contributed by atoms with Crippen LogP contribution in [0.3, 0.4) is 0 Å². The van der Waals surface area contributed by atoms with Crippen molar-refractivity contribution in [1.29, 1.82) is 0 Å². The lowest BCUT2D eigenvalue weighted by Crippen LogP contribution is -2.36. The lowest BCUT2D eigenvalue weighted by Gasteiger charge is -2.25. The van der Waals surface area contributed by atoms with E-state index in [9.17, 15) is 9.59 Å². The SMILES string of the molecule is Cc1ccc(C)c(NC(=O)CN2CCc3nc(NC(=O)c4cc(C)on4)sc3C2)c1. The molecule has 9 heteroatoms. The summed E-state index contributed by atoms with van der Waals surface area (Å²) in [6.07, 6.45) is 0.738. The van der Waals surface area contributed by atoms with Gasteiger partial charge in [0.2, 0.25) is 5.91 Å². The monoisotopic (exact) mass is 425 g/mol. The molecule has 2 aromatic heterocycles. The van der Waals surface area contributed by atoms with E-state index in [1.54, 1.807) is 13.0 Å². The van der Waals surface area contributed by atoms with Crippen LogP contribution in [0.1, 0.15) is 37.9 Å². The first-order valence-electron chi connectivity index (χ1n) is 9.70. The molecule has 1 aliphatic heterocycles. The molecule has 0 saturated heterocycles. The molecular weight excluding hydrogens is 402 g/mol. The number of nitrogens with zero attached hydrogens (tertiary/aromatic N) is 3. The zero-order valence-corrected chi connectivity index (χ0v) is 17.9. The molecule has 0 unspecified atom stereocenters. The summed E-state index contributed by atoms with van der Waals surface area (Å²) < 4.78 is 4.94. The molecular formula is C21H23N5O3S. The number of rotatable bonds is 5. The molecule has 8 nitrogen and oxygen atoms in total. The van der Waals surface area contributed by atoms with Gasteiger partial charge in [-0.1, -0.05) is 17.3 Å². The fourth-order valence-corrected chi connectivity index (χ4v) is 4.38. The third-order valence-corrected chi connectivity index (χ3v) is 5.92. The molecule has 4 rings (SSSR count). The Morgan fingerprint density at radius 3 is 2.80 bits per heavy atom. The van der Waals surface area contributed by atoms with E-state index in [2.05, 4.69) is 25.7 Å². The molecule has 0 saturated carbocycles. The first-order chi connectivity index (χ1) is 14.4. The molecule has 2 amide bonds. The van der Waals surface area contributed by atoms with Gasteiger partial charge < -0.3 is 9.84 Å². The molecule has 0 atom stereocenters. The van der Waals surface area contributed by atoms with Gasteiger partial charge in [0.05, 0.1) is 12.2 Å². The summed E-state index contributed by atoms with van der Waals surface area (Å²) in [5.41, 5.74) is 4.20. The lowest BCUT2D eigenvalue weighted by molar-refractivity contribution is -0.117. The van der Waals surface area contributed by atoms with Crippen LogP contribution in [-0.4, -0.2) is 39.9 Å². The zero-order chi connectivity index (χ0) is 21.3. The largest absolute Gasteiger partial charge is 0.361 e. The van der Waals surface area contributed by atoms with Gasteiger partial charge in [-0.2, -0.15) is 0 Å². The van der Waals surface area contributed by atoms with Crippen molar-refractivity contribution >= 4 is 34.0 Å². The van der Waals surface area contributed by atoms with Gasteiger partial charge in [-0.3, -0.25) is 19.8 Å². The fraction of sp³-hybridized carbons (Fsp3) is 0.333. The predicted molar refractivity (Wildman–Crippen MR) is 115 cm³/mol. The van der Waals surface area contributed by atoms with Crippen molar-refractivity contribution < 1.29 is 14.1 Å². The number of nitrogens with one attached hydrogen (secondary N) is 2. The summed E-state index contributed by atoms with van der Waals surface area (Å²) in [5.74, 6) is 0.197. The molecule has 156 valence electrons. The highest BCUT2D eigenvalue weighted by Gasteiger charge is 2.23. The molecule has 0 aliphatic carbocycles. The van der Waals surface area contributed by atoms with Gasteiger partial charge in [0, 0.05) is 36.1 Å². The van der Waals surface area contributed by atoms with Gasteiger partial charge in [-0.05, 0) is 38.0 Å². The average Bonchev–Trinajstić information content (AvgIpc) is 3.30. The Kier molecular flexibility index (Phi) is 5.65. The number of amides is 2. The number of hydrogen-bond acceptors (Lipinski definition) is 7. The number of thiazole rings is 1. The van der Waals surface area contributed by atoms with E-state index in [-0.39, 0.29) is 17.5 Å². The number of aromatic nitrogens is 2. The molecule has 30 heavy (non-hydrogen) atoms. The maximum absolute atomic E-state index is 12.5. The van der Waals surface area contributed by atoms with Crippen LogP contribution in [0.25, 0.3) is 0 Å². The Morgan fingerprint density at radius 1 is 1.20 bits per heavy atom. The number of hydrogen-bond donors (Lipinski definition) is 2. The van der Waals surface area contributed by atoms with Crippen molar-refractivity contribution in [2.45, 2.75) is 33.7 Å². The number of anilines is 2. The minimum atomic E-state index is -0.345. The van der Waals surface area contributed by atoms with E-state index < -0.39 is 0 Å². The van der Waals surface area contributed by atoms with E-state index in [1.807, 2.05) is 32.0 Å². The Hall–Kier alpha value is -3.04. The standard InChI is InChI=1S/C21H23N5O3S/c1-12-4-5-13(2)16(8-12)22-19(27)11-26-7-6-15-18(10-26)30-21(23-15)24-20(28)17-9-14(3)29-25-17/h4-5,8-9H,6-7,10-11H2,1-3H3,(H,22,27)(H,23,24,28). The molecule has 3 heterocycles. The lowest BCUT2D eigenvalue weighted by atomic mass is 10.1. The molecule has 3 aromatic rings. The quantitative estimate of drug-likeness (QED) is 0.651. The van der Waals surface area contributed by atoms with Crippen LogP contribution >= 0.6 is 11.3 Å². The summed E-state index contributed by atoms with van der Waals surface area (Å²) in [6, 6.07) is 7.60. The maximum Gasteiger partial charge on any atom is 0.279 e. The van der Waals surface area contributed by atoms with E-state index in [4.69, 9.17) is 4.52 Å². The normalized spacial score (nSPS) is 13.7. The summed E-state index contributed by atoms with van der Waals surface area (Å²) in [4.78, 5) is 32.5. The van der Waals surface area contributed by atoms with Crippen molar-refractivity contribution in [2.24, 2.45) is 0 Å². The predicted octanol–water partition coefficient (Wildman–Crippen LogP) is 3.31. The molecule has 0 spiro atoms. The number of aryl methyl sites for hydroxylation is 3. The van der Waals surface area contributed by atoms with Crippen molar-refractivity contribution in [2.75, 3.05) is 23.7 Å².